The number of piperazine rings is 1. The van der Waals surface area contributed by atoms with E-state index in [4.69, 9.17) is 0 Å². The number of rotatable bonds is 3. The van der Waals surface area contributed by atoms with Crippen molar-refractivity contribution in [2.24, 2.45) is 0 Å². The summed E-state index contributed by atoms with van der Waals surface area (Å²) in [4.78, 5) is 24.3. The molecule has 1 atom stereocenters. The topological polar surface area (TPSA) is 58.6 Å². The van der Waals surface area contributed by atoms with Gasteiger partial charge >= 0.3 is 5.97 Å². The molecule has 19 heavy (non-hydrogen) atoms. The maximum Gasteiger partial charge on any atom is 0.358 e. The summed E-state index contributed by atoms with van der Waals surface area (Å²) in [6.45, 7) is 8.35. The van der Waals surface area contributed by atoms with Crippen molar-refractivity contribution >= 4 is 11.8 Å². The third-order valence-electron chi connectivity index (χ3n) is 3.53. The maximum absolute atomic E-state index is 11.3. The molecule has 1 aliphatic rings. The van der Waals surface area contributed by atoms with Crippen LogP contribution in [0.5, 0.6) is 0 Å². The molecular weight excluding hydrogens is 244 g/mol. The number of methoxy groups -OCH3 is 1. The van der Waals surface area contributed by atoms with E-state index in [1.807, 2.05) is 0 Å². The number of carbonyl (C=O) groups is 1. The predicted octanol–water partition coefficient (Wildman–Crippen LogP) is 0.794. The molecule has 104 valence electrons. The Bertz CT molecular complexity index is 435. The molecule has 2 heterocycles. The van der Waals surface area contributed by atoms with E-state index in [0.717, 1.165) is 32.0 Å². The van der Waals surface area contributed by atoms with Crippen LogP contribution in [0.2, 0.25) is 0 Å². The van der Waals surface area contributed by atoms with Crippen LogP contribution < -0.4 is 4.90 Å². The van der Waals surface area contributed by atoms with Gasteiger partial charge in [-0.05, 0) is 13.5 Å². The predicted molar refractivity (Wildman–Crippen MR) is 72.3 cm³/mol. The van der Waals surface area contributed by atoms with Crippen LogP contribution in [-0.2, 0) is 4.74 Å². The number of anilines is 1. The van der Waals surface area contributed by atoms with E-state index in [2.05, 4.69) is 38.4 Å². The largest absolute Gasteiger partial charge is 0.464 e. The third kappa shape index (κ3) is 3.01. The minimum absolute atomic E-state index is 0.242. The highest BCUT2D eigenvalue weighted by Gasteiger charge is 2.23. The Morgan fingerprint density at radius 1 is 1.42 bits per heavy atom. The molecule has 0 saturated carbocycles. The van der Waals surface area contributed by atoms with Crippen LogP contribution in [0.15, 0.2) is 12.4 Å². The molecule has 1 aliphatic heterocycles. The third-order valence-corrected chi connectivity index (χ3v) is 3.53. The summed E-state index contributed by atoms with van der Waals surface area (Å²) in [6.07, 6.45) is 3.11. The Labute approximate surface area is 113 Å². The zero-order valence-electron chi connectivity index (χ0n) is 11.7. The Morgan fingerprint density at radius 2 is 2.21 bits per heavy atom. The van der Waals surface area contributed by atoms with Gasteiger partial charge < -0.3 is 9.64 Å². The fourth-order valence-electron chi connectivity index (χ4n) is 2.37. The summed E-state index contributed by atoms with van der Waals surface area (Å²) < 4.78 is 4.61. The summed E-state index contributed by atoms with van der Waals surface area (Å²) in [6, 6.07) is 0.501. The number of hydrogen-bond acceptors (Lipinski definition) is 6. The van der Waals surface area contributed by atoms with Crippen molar-refractivity contribution in [1.82, 2.24) is 14.9 Å². The summed E-state index contributed by atoms with van der Waals surface area (Å²) in [5.74, 6) is 0.360. The highest BCUT2D eigenvalue weighted by molar-refractivity contribution is 5.86. The molecule has 0 aliphatic carbocycles. The quantitative estimate of drug-likeness (QED) is 0.752. The second-order valence-corrected chi connectivity index (χ2v) is 4.68. The van der Waals surface area contributed by atoms with Crippen molar-refractivity contribution in [3.05, 3.63) is 18.1 Å². The summed E-state index contributed by atoms with van der Waals surface area (Å²) >= 11 is 0. The molecule has 0 aromatic carbocycles. The molecule has 6 nitrogen and oxygen atoms in total. The van der Waals surface area contributed by atoms with Gasteiger partial charge in [0.05, 0.1) is 19.5 Å². The molecule has 1 aromatic heterocycles. The molecular formula is C13H20N4O2. The van der Waals surface area contributed by atoms with Crippen molar-refractivity contribution < 1.29 is 9.53 Å². The molecule has 1 aromatic rings. The van der Waals surface area contributed by atoms with Gasteiger partial charge in [0, 0.05) is 25.7 Å². The van der Waals surface area contributed by atoms with Crippen LogP contribution in [0.4, 0.5) is 5.82 Å². The Hall–Kier alpha value is -1.69. The lowest BCUT2D eigenvalue weighted by molar-refractivity contribution is 0.0593. The first-order valence-electron chi connectivity index (χ1n) is 6.55. The first-order chi connectivity index (χ1) is 9.15. The average Bonchev–Trinajstić information content (AvgIpc) is 2.46. The van der Waals surface area contributed by atoms with E-state index in [1.165, 1.54) is 13.3 Å². The van der Waals surface area contributed by atoms with Crippen molar-refractivity contribution in [3.8, 4) is 0 Å². The molecule has 0 N–H and O–H groups in total. The zero-order chi connectivity index (χ0) is 13.8. The van der Waals surface area contributed by atoms with Gasteiger partial charge in [-0.2, -0.15) is 0 Å². The molecule has 0 amide bonds. The number of carbonyl (C=O) groups excluding carboxylic acids is 1. The van der Waals surface area contributed by atoms with Gasteiger partial charge in [0.15, 0.2) is 5.69 Å². The molecule has 1 fully saturated rings. The monoisotopic (exact) mass is 264 g/mol. The van der Waals surface area contributed by atoms with Gasteiger partial charge in [-0.3, -0.25) is 4.90 Å². The number of ether oxygens (including phenoxy) is 1. The van der Waals surface area contributed by atoms with E-state index >= 15 is 0 Å². The molecule has 0 spiro atoms. The van der Waals surface area contributed by atoms with Crippen LogP contribution in [0.1, 0.15) is 24.3 Å². The van der Waals surface area contributed by atoms with Crippen LogP contribution >= 0.6 is 0 Å². The first-order valence-corrected chi connectivity index (χ1v) is 6.55. The van der Waals surface area contributed by atoms with Crippen molar-refractivity contribution in [2.75, 3.05) is 38.2 Å². The van der Waals surface area contributed by atoms with Crippen LogP contribution in [0.3, 0.4) is 0 Å². The Balaban J connectivity index is 2.05. The van der Waals surface area contributed by atoms with Crippen molar-refractivity contribution in [3.63, 3.8) is 0 Å². The van der Waals surface area contributed by atoms with Crippen LogP contribution in [-0.4, -0.2) is 60.2 Å². The van der Waals surface area contributed by atoms with Gasteiger partial charge in [-0.1, -0.05) is 6.92 Å². The van der Waals surface area contributed by atoms with Gasteiger partial charge in [0.1, 0.15) is 5.82 Å². The highest BCUT2D eigenvalue weighted by atomic mass is 16.5. The first kappa shape index (κ1) is 13.7. The minimum Gasteiger partial charge on any atom is -0.464 e. The lowest BCUT2D eigenvalue weighted by Crippen LogP contribution is -2.52. The van der Waals surface area contributed by atoms with Gasteiger partial charge in [0.2, 0.25) is 0 Å². The number of nitrogens with zero attached hydrogens (tertiary/aromatic N) is 4. The minimum atomic E-state index is -0.455. The van der Waals surface area contributed by atoms with E-state index in [-0.39, 0.29) is 5.69 Å². The van der Waals surface area contributed by atoms with Crippen LogP contribution in [0, 0.1) is 0 Å². The number of hydrogen-bond donors (Lipinski definition) is 0. The Kier molecular flexibility index (Phi) is 4.31. The standard InChI is InChI=1S/C13H20N4O2/c1-4-16-5-6-17(9-10(16)2)12-8-14-11(7-15-12)13(18)19-3/h7-8,10H,4-6,9H2,1-3H3. The fraction of sp³-hybridized carbons (Fsp3) is 0.615. The van der Waals surface area contributed by atoms with E-state index in [0.29, 0.717) is 6.04 Å². The molecule has 2 rings (SSSR count). The number of aromatic nitrogens is 2. The average molecular weight is 264 g/mol. The smallest absolute Gasteiger partial charge is 0.358 e. The maximum atomic E-state index is 11.3. The normalized spacial score (nSPS) is 20.4. The summed E-state index contributed by atoms with van der Waals surface area (Å²) in [5, 5.41) is 0. The summed E-state index contributed by atoms with van der Waals surface area (Å²) in [5.41, 5.74) is 0.242. The molecule has 1 saturated heterocycles. The number of esters is 1. The molecule has 0 bridgehead atoms. The SMILES string of the molecule is CCN1CCN(c2cnc(C(=O)OC)cn2)CC1C. The second kappa shape index (κ2) is 5.97. The van der Waals surface area contributed by atoms with Gasteiger partial charge in [0.25, 0.3) is 0 Å². The molecule has 1 unspecified atom stereocenters. The lowest BCUT2D eigenvalue weighted by atomic mass is 10.2. The van der Waals surface area contributed by atoms with Gasteiger partial charge in [-0.15, -0.1) is 0 Å². The Morgan fingerprint density at radius 3 is 2.74 bits per heavy atom. The van der Waals surface area contributed by atoms with Crippen LogP contribution in [0.25, 0.3) is 0 Å². The summed E-state index contributed by atoms with van der Waals surface area (Å²) in [7, 11) is 1.34. The number of likely N-dealkylation sites (N-methyl/N-ethyl adjacent to an activating group) is 1. The lowest BCUT2D eigenvalue weighted by Gasteiger charge is -2.39. The zero-order valence-corrected chi connectivity index (χ0v) is 11.7. The fourth-order valence-corrected chi connectivity index (χ4v) is 2.37. The van der Waals surface area contributed by atoms with E-state index in [1.54, 1.807) is 6.20 Å². The highest BCUT2D eigenvalue weighted by Crippen LogP contribution is 2.16. The van der Waals surface area contributed by atoms with E-state index in [9.17, 15) is 4.79 Å². The van der Waals surface area contributed by atoms with Crippen molar-refractivity contribution in [1.29, 1.82) is 0 Å². The molecule has 6 heteroatoms. The van der Waals surface area contributed by atoms with E-state index < -0.39 is 5.97 Å². The molecule has 0 radical (unpaired) electrons. The second-order valence-electron chi connectivity index (χ2n) is 4.68. The van der Waals surface area contributed by atoms with Gasteiger partial charge in [-0.25, -0.2) is 14.8 Å². The van der Waals surface area contributed by atoms with Crippen molar-refractivity contribution in [2.45, 2.75) is 19.9 Å².